The Kier molecular flexibility index (Phi) is 5.51. The lowest BCUT2D eigenvalue weighted by Crippen LogP contribution is -2.31. The van der Waals surface area contributed by atoms with Crippen molar-refractivity contribution in [3.8, 4) is 0 Å². The first-order chi connectivity index (χ1) is 10.8. The Morgan fingerprint density at radius 3 is 2.43 bits per heavy atom. The van der Waals surface area contributed by atoms with Crippen LogP contribution in [-0.2, 0) is 14.8 Å². The van der Waals surface area contributed by atoms with Gasteiger partial charge in [0.05, 0.1) is 10.9 Å². The van der Waals surface area contributed by atoms with Gasteiger partial charge in [-0.1, -0.05) is 37.3 Å². The van der Waals surface area contributed by atoms with Crippen LogP contribution in [0.2, 0.25) is 0 Å². The van der Waals surface area contributed by atoms with Gasteiger partial charge in [-0.2, -0.15) is 4.72 Å². The quantitative estimate of drug-likeness (QED) is 0.777. The van der Waals surface area contributed by atoms with E-state index in [1.165, 1.54) is 11.3 Å². The van der Waals surface area contributed by atoms with Gasteiger partial charge < -0.3 is 0 Å². The zero-order valence-electron chi connectivity index (χ0n) is 13.1. The molecule has 2 aromatic rings. The van der Waals surface area contributed by atoms with Crippen molar-refractivity contribution in [2.24, 2.45) is 0 Å². The lowest BCUT2D eigenvalue weighted by molar-refractivity contribution is -0.115. The molecule has 1 N–H and O–H groups in total. The minimum atomic E-state index is -3.75. The van der Waals surface area contributed by atoms with E-state index in [4.69, 9.17) is 0 Å². The Morgan fingerprint density at radius 1 is 1.26 bits per heavy atom. The maximum atomic E-state index is 12.6. The van der Waals surface area contributed by atoms with E-state index in [1.807, 2.05) is 18.4 Å². The summed E-state index contributed by atoms with van der Waals surface area (Å²) in [6, 6.07) is 9.44. The standard InChI is InChI=1S/C17H19NO3S2/c1-4-15(19)13(3)17(16-6-5-11-22-16)18-23(20,21)14-9-7-12(2)8-10-14/h5-11,17-18H,3-4H2,1-2H3/t17-/m0/s1. The van der Waals surface area contributed by atoms with Crippen LogP contribution in [0.4, 0.5) is 0 Å². The van der Waals surface area contributed by atoms with Crippen LogP contribution < -0.4 is 4.72 Å². The molecule has 0 spiro atoms. The van der Waals surface area contributed by atoms with Crippen LogP contribution in [0.5, 0.6) is 0 Å². The van der Waals surface area contributed by atoms with Crippen LogP contribution in [-0.4, -0.2) is 14.2 Å². The van der Waals surface area contributed by atoms with Gasteiger partial charge in [-0.05, 0) is 30.5 Å². The molecular weight excluding hydrogens is 330 g/mol. The molecule has 0 aliphatic carbocycles. The summed E-state index contributed by atoms with van der Waals surface area (Å²) in [6.07, 6.45) is 0.285. The third-order valence-corrected chi connectivity index (χ3v) is 5.84. The number of ketones is 1. The minimum absolute atomic E-state index is 0.157. The van der Waals surface area contributed by atoms with Gasteiger partial charge in [0.15, 0.2) is 5.78 Å². The second kappa shape index (κ2) is 7.21. The summed E-state index contributed by atoms with van der Waals surface area (Å²) in [5.74, 6) is -0.157. The third kappa shape index (κ3) is 4.16. The number of sulfonamides is 1. The van der Waals surface area contributed by atoms with E-state index in [1.54, 1.807) is 37.3 Å². The number of hydrogen-bond acceptors (Lipinski definition) is 4. The second-order valence-electron chi connectivity index (χ2n) is 5.18. The molecule has 0 bridgehead atoms. The summed E-state index contributed by atoms with van der Waals surface area (Å²) in [5, 5.41) is 1.84. The summed E-state index contributed by atoms with van der Waals surface area (Å²) in [5.41, 5.74) is 1.23. The monoisotopic (exact) mass is 349 g/mol. The normalized spacial score (nSPS) is 12.8. The van der Waals surface area contributed by atoms with Gasteiger partial charge >= 0.3 is 0 Å². The van der Waals surface area contributed by atoms with Crippen LogP contribution in [0.3, 0.4) is 0 Å². The highest BCUT2D eigenvalue weighted by Crippen LogP contribution is 2.28. The topological polar surface area (TPSA) is 63.2 Å². The van der Waals surface area contributed by atoms with Crippen molar-refractivity contribution in [3.63, 3.8) is 0 Å². The van der Waals surface area contributed by atoms with Crippen molar-refractivity contribution < 1.29 is 13.2 Å². The molecule has 0 amide bonds. The highest BCUT2D eigenvalue weighted by molar-refractivity contribution is 7.89. The van der Waals surface area contributed by atoms with Crippen LogP contribution >= 0.6 is 11.3 Å². The summed E-state index contributed by atoms with van der Waals surface area (Å²) < 4.78 is 27.8. The van der Waals surface area contributed by atoms with E-state index in [0.717, 1.165) is 10.4 Å². The van der Waals surface area contributed by atoms with Gasteiger partial charge in [0, 0.05) is 16.9 Å². The lowest BCUT2D eigenvalue weighted by Gasteiger charge is -2.19. The second-order valence-corrected chi connectivity index (χ2v) is 7.88. The van der Waals surface area contributed by atoms with Gasteiger partial charge in [-0.15, -0.1) is 11.3 Å². The Hall–Kier alpha value is -1.76. The zero-order valence-corrected chi connectivity index (χ0v) is 14.7. The van der Waals surface area contributed by atoms with Crippen LogP contribution in [0.1, 0.15) is 29.8 Å². The molecule has 1 aromatic carbocycles. The van der Waals surface area contributed by atoms with E-state index in [2.05, 4.69) is 11.3 Å². The molecule has 2 rings (SSSR count). The maximum absolute atomic E-state index is 12.6. The number of benzene rings is 1. The van der Waals surface area contributed by atoms with E-state index in [9.17, 15) is 13.2 Å². The average molecular weight is 349 g/mol. The van der Waals surface area contributed by atoms with Crippen LogP contribution in [0, 0.1) is 6.92 Å². The molecule has 0 fully saturated rings. The molecule has 1 aromatic heterocycles. The van der Waals surface area contributed by atoms with Gasteiger partial charge in [-0.3, -0.25) is 4.79 Å². The van der Waals surface area contributed by atoms with Gasteiger partial charge in [0.1, 0.15) is 0 Å². The predicted molar refractivity (Wildman–Crippen MR) is 93.0 cm³/mol. The fourth-order valence-corrected chi connectivity index (χ4v) is 4.18. The molecule has 0 unspecified atom stereocenters. The molecule has 1 heterocycles. The van der Waals surface area contributed by atoms with E-state index in [0.29, 0.717) is 0 Å². The van der Waals surface area contributed by atoms with Crippen molar-refractivity contribution in [1.82, 2.24) is 4.72 Å². The number of rotatable bonds is 7. The number of carbonyl (C=O) groups excluding carboxylic acids is 1. The SMILES string of the molecule is C=C(C(=O)CC)[C@H](NS(=O)(=O)c1ccc(C)cc1)c1cccs1. The molecule has 1 atom stereocenters. The smallest absolute Gasteiger partial charge is 0.241 e. The van der Waals surface area contributed by atoms with Crippen LogP contribution in [0.15, 0.2) is 58.8 Å². The molecule has 6 heteroatoms. The highest BCUT2D eigenvalue weighted by atomic mass is 32.2. The van der Waals surface area contributed by atoms with Gasteiger partial charge in [0.2, 0.25) is 10.0 Å². The number of hydrogen-bond donors (Lipinski definition) is 1. The molecular formula is C17H19NO3S2. The fraction of sp³-hybridized carbons (Fsp3) is 0.235. The Bertz CT molecular complexity index is 791. The highest BCUT2D eigenvalue weighted by Gasteiger charge is 2.26. The summed E-state index contributed by atoms with van der Waals surface area (Å²) in [4.78, 5) is 12.9. The van der Waals surface area contributed by atoms with Gasteiger partial charge in [-0.25, -0.2) is 8.42 Å². The summed E-state index contributed by atoms with van der Waals surface area (Å²) >= 11 is 1.39. The molecule has 0 saturated carbocycles. The fourth-order valence-electron chi connectivity index (χ4n) is 2.09. The molecule has 0 aliphatic rings. The number of aryl methyl sites for hydroxylation is 1. The Labute approximate surface area is 140 Å². The lowest BCUT2D eigenvalue weighted by atomic mass is 10.0. The van der Waals surface area contributed by atoms with Gasteiger partial charge in [0.25, 0.3) is 0 Å². The largest absolute Gasteiger partial charge is 0.295 e. The molecule has 122 valence electrons. The molecule has 23 heavy (non-hydrogen) atoms. The first-order valence-corrected chi connectivity index (χ1v) is 9.56. The Morgan fingerprint density at radius 2 is 1.91 bits per heavy atom. The van der Waals surface area contributed by atoms with E-state index in [-0.39, 0.29) is 22.7 Å². The molecule has 0 saturated heterocycles. The van der Waals surface area contributed by atoms with Crippen molar-refractivity contribution in [1.29, 1.82) is 0 Å². The van der Waals surface area contributed by atoms with Crippen LogP contribution in [0.25, 0.3) is 0 Å². The summed E-state index contributed by atoms with van der Waals surface area (Å²) in [6.45, 7) is 7.42. The first kappa shape index (κ1) is 17.6. The van der Waals surface area contributed by atoms with Crippen molar-refractivity contribution in [3.05, 3.63) is 64.4 Å². The van der Waals surface area contributed by atoms with Crippen molar-refractivity contribution in [2.45, 2.75) is 31.2 Å². The number of thiophene rings is 1. The first-order valence-electron chi connectivity index (χ1n) is 7.19. The zero-order chi connectivity index (χ0) is 17.0. The van der Waals surface area contributed by atoms with E-state index < -0.39 is 16.1 Å². The van der Waals surface area contributed by atoms with E-state index >= 15 is 0 Å². The number of nitrogens with one attached hydrogen (secondary N) is 1. The molecule has 0 aliphatic heterocycles. The van der Waals surface area contributed by atoms with Crippen molar-refractivity contribution >= 4 is 27.1 Å². The number of Topliss-reactive ketones (excluding diaryl/α,β-unsaturated/α-hetero) is 1. The molecule has 0 radical (unpaired) electrons. The summed E-state index contributed by atoms with van der Waals surface area (Å²) in [7, 11) is -3.75. The minimum Gasteiger partial charge on any atom is -0.295 e. The molecule has 4 nitrogen and oxygen atoms in total. The maximum Gasteiger partial charge on any atom is 0.241 e. The Balaban J connectivity index is 2.36. The third-order valence-electron chi connectivity index (χ3n) is 3.46. The predicted octanol–water partition coefficient (Wildman–Crippen LogP) is 3.61. The van der Waals surface area contributed by atoms with Crippen molar-refractivity contribution in [2.75, 3.05) is 0 Å². The average Bonchev–Trinajstić information content (AvgIpc) is 3.06. The number of carbonyl (C=O) groups is 1.